The molecule has 10 heteroatoms. The standard InChI is InChI=1S/C7H4Br2ClF.C7H5BrClF.BHNS/c8-3-4-6(11)2-1-5(9)7(4)10;1-4-6(10)3-2-5(8)7(4)9;1-2-3/h1-2H,3H2;2-3H,1H3;3H. The van der Waals surface area contributed by atoms with Crippen molar-refractivity contribution in [2.24, 2.45) is 4.30 Å². The van der Waals surface area contributed by atoms with E-state index in [1.165, 1.54) is 12.1 Å². The fourth-order valence-corrected chi connectivity index (χ4v) is 3.20. The number of nitrogens with zero attached hydrogens (tertiary/aromatic N) is 1. The number of halogens is 7. The molecular formula is C14H10BBr3Cl2F2NS. The zero-order chi connectivity index (χ0) is 18.9. The maximum absolute atomic E-state index is 12.9. The van der Waals surface area contributed by atoms with Crippen molar-refractivity contribution in [1.82, 2.24) is 0 Å². The predicted octanol–water partition coefficient (Wildman–Crippen LogP) is 7.87. The summed E-state index contributed by atoms with van der Waals surface area (Å²) in [5.74, 6) is -0.553. The van der Waals surface area contributed by atoms with E-state index in [4.69, 9.17) is 23.2 Å². The molecule has 1 radical (unpaired) electrons. The molecule has 0 aliphatic heterocycles. The number of hydrogen-bond donors (Lipinski definition) is 1. The van der Waals surface area contributed by atoms with Gasteiger partial charge in [0.2, 0.25) is 0 Å². The van der Waals surface area contributed by atoms with E-state index in [2.05, 4.69) is 72.5 Å². The monoisotopic (exact) mass is 580 g/mol. The quantitative estimate of drug-likeness (QED) is 0.152. The third-order valence-electron chi connectivity index (χ3n) is 2.55. The van der Waals surface area contributed by atoms with Gasteiger partial charge in [-0.25, -0.2) is 8.78 Å². The SMILES string of the molecule is Cc1c(F)ccc(Br)c1Cl.Fc1ccc(Br)c(Cl)c1CBr.[B]=NS. The number of benzene rings is 2. The third kappa shape index (κ3) is 7.83. The van der Waals surface area contributed by atoms with Gasteiger partial charge < -0.3 is 0 Å². The van der Waals surface area contributed by atoms with Crippen LogP contribution in [-0.4, -0.2) is 7.64 Å². The summed E-state index contributed by atoms with van der Waals surface area (Å²) in [6.45, 7) is 1.64. The van der Waals surface area contributed by atoms with Gasteiger partial charge in [-0.1, -0.05) is 39.1 Å². The van der Waals surface area contributed by atoms with Crippen molar-refractivity contribution in [1.29, 1.82) is 0 Å². The second-order valence-electron chi connectivity index (χ2n) is 4.04. The number of rotatable bonds is 1. The van der Waals surface area contributed by atoms with Gasteiger partial charge in [-0.3, -0.25) is 0 Å². The van der Waals surface area contributed by atoms with E-state index in [-0.39, 0.29) is 11.6 Å². The van der Waals surface area contributed by atoms with Crippen LogP contribution in [0.1, 0.15) is 11.1 Å². The summed E-state index contributed by atoms with van der Waals surface area (Å²) < 4.78 is 29.7. The van der Waals surface area contributed by atoms with Crippen LogP contribution >= 0.6 is 83.8 Å². The molecule has 129 valence electrons. The van der Waals surface area contributed by atoms with Crippen molar-refractivity contribution in [3.63, 3.8) is 0 Å². The molecule has 2 aromatic carbocycles. The molecule has 0 amide bonds. The van der Waals surface area contributed by atoms with E-state index in [0.717, 1.165) is 8.95 Å². The Balaban J connectivity index is 0.000000381. The molecule has 0 aromatic heterocycles. The minimum atomic E-state index is -0.282. The molecule has 0 unspecified atom stereocenters. The van der Waals surface area contributed by atoms with E-state index in [1.807, 2.05) is 0 Å². The molecule has 0 aliphatic rings. The molecule has 0 saturated heterocycles. The Morgan fingerprint density at radius 3 is 1.83 bits per heavy atom. The van der Waals surface area contributed by atoms with Crippen LogP contribution in [0.2, 0.25) is 10.0 Å². The molecule has 1 nitrogen and oxygen atoms in total. The van der Waals surface area contributed by atoms with Gasteiger partial charge in [-0.2, -0.15) is 0 Å². The van der Waals surface area contributed by atoms with Gasteiger partial charge in [0.1, 0.15) is 11.6 Å². The first-order valence-electron chi connectivity index (χ1n) is 6.03. The first-order valence-corrected chi connectivity index (χ1v) is 9.90. The van der Waals surface area contributed by atoms with Crippen molar-refractivity contribution in [3.8, 4) is 0 Å². The van der Waals surface area contributed by atoms with Crippen LogP contribution in [0.4, 0.5) is 8.78 Å². The minimum absolute atomic E-state index is 0.270. The van der Waals surface area contributed by atoms with Crippen LogP contribution in [0.5, 0.6) is 0 Å². The molecule has 0 N–H and O–H groups in total. The molecule has 24 heavy (non-hydrogen) atoms. The van der Waals surface area contributed by atoms with Crippen LogP contribution < -0.4 is 0 Å². The van der Waals surface area contributed by atoms with E-state index < -0.39 is 0 Å². The Hall–Kier alpha value is 0.535. The van der Waals surface area contributed by atoms with Crippen LogP contribution in [0.15, 0.2) is 37.5 Å². The first kappa shape index (κ1) is 24.5. The summed E-state index contributed by atoms with van der Waals surface area (Å²) >= 11 is 24.2. The van der Waals surface area contributed by atoms with Crippen molar-refractivity contribution >= 4 is 91.4 Å². The van der Waals surface area contributed by atoms with Gasteiger partial charge in [0, 0.05) is 25.4 Å². The summed E-state index contributed by atoms with van der Waals surface area (Å²) in [6.07, 6.45) is 0. The Morgan fingerprint density at radius 2 is 1.46 bits per heavy atom. The van der Waals surface area contributed by atoms with Gasteiger partial charge in [-0.15, -0.1) is 0 Å². The van der Waals surface area contributed by atoms with Crippen LogP contribution in [-0.2, 0) is 5.33 Å². The average molecular weight is 584 g/mol. The second-order valence-corrected chi connectivity index (χ2v) is 7.30. The fraction of sp³-hybridized carbons (Fsp3) is 0.143. The Kier molecular flexibility index (Phi) is 13.1. The normalized spacial score (nSPS) is 9.33. The summed E-state index contributed by atoms with van der Waals surface area (Å²) in [4.78, 5) is 0. The molecule has 0 aliphatic carbocycles. The van der Waals surface area contributed by atoms with E-state index in [9.17, 15) is 8.78 Å². The predicted molar refractivity (Wildman–Crippen MR) is 113 cm³/mol. The van der Waals surface area contributed by atoms with Crippen molar-refractivity contribution < 1.29 is 8.78 Å². The zero-order valence-corrected chi connectivity index (χ0v) is 19.3. The summed E-state index contributed by atoms with van der Waals surface area (Å²) in [7, 11) is 4.34. The molecule has 2 rings (SSSR count). The molecule has 0 fully saturated rings. The van der Waals surface area contributed by atoms with Gasteiger partial charge in [-0.05, 0) is 63.0 Å². The third-order valence-corrected chi connectivity index (χ3v) is 5.80. The molecule has 0 heterocycles. The van der Waals surface area contributed by atoms with E-state index >= 15 is 0 Å². The number of hydrogen-bond acceptors (Lipinski definition) is 2. The van der Waals surface area contributed by atoms with Crippen molar-refractivity contribution in [2.75, 3.05) is 0 Å². The first-order chi connectivity index (χ1) is 11.2. The summed E-state index contributed by atoms with van der Waals surface area (Å²) in [5, 5.41) is 1.30. The summed E-state index contributed by atoms with van der Waals surface area (Å²) in [6, 6.07) is 5.94. The van der Waals surface area contributed by atoms with Gasteiger partial charge in [0.25, 0.3) is 0 Å². The second kappa shape index (κ2) is 12.8. The topological polar surface area (TPSA) is 12.4 Å². The molecular weight excluding hydrogens is 574 g/mol. The fourth-order valence-electron chi connectivity index (χ4n) is 1.32. The van der Waals surface area contributed by atoms with Gasteiger partial charge in [0.05, 0.1) is 10.0 Å². The number of alkyl halides is 1. The average Bonchev–Trinajstić information content (AvgIpc) is 2.55. The molecule has 0 spiro atoms. The van der Waals surface area contributed by atoms with Gasteiger partial charge >= 0.3 is 24.8 Å². The molecule has 2 aromatic rings. The molecule has 0 bridgehead atoms. The Bertz CT molecular complexity index is 681. The zero-order valence-electron chi connectivity index (χ0n) is 12.1. The van der Waals surface area contributed by atoms with Crippen LogP contribution in [0, 0.1) is 18.6 Å². The maximum atomic E-state index is 12.9. The molecule has 0 saturated carbocycles. The van der Waals surface area contributed by atoms with Crippen molar-refractivity contribution in [3.05, 3.63) is 66.0 Å². The van der Waals surface area contributed by atoms with Gasteiger partial charge in [0.15, 0.2) is 0 Å². The molecule has 0 atom stereocenters. The van der Waals surface area contributed by atoms with Crippen molar-refractivity contribution in [2.45, 2.75) is 12.3 Å². The van der Waals surface area contributed by atoms with E-state index in [0.29, 0.717) is 26.5 Å². The van der Waals surface area contributed by atoms with Crippen LogP contribution in [0.25, 0.3) is 0 Å². The van der Waals surface area contributed by atoms with Crippen LogP contribution in [0.3, 0.4) is 0 Å². The van der Waals surface area contributed by atoms with E-state index in [1.54, 1.807) is 19.1 Å². The Morgan fingerprint density at radius 1 is 1.04 bits per heavy atom. The number of thiol groups is 1. The summed E-state index contributed by atoms with van der Waals surface area (Å²) in [5.41, 5.74) is 0.970. The Labute approximate surface area is 181 Å².